The van der Waals surface area contributed by atoms with Crippen molar-refractivity contribution in [3.63, 3.8) is 0 Å². The van der Waals surface area contributed by atoms with E-state index >= 15 is 0 Å². The van der Waals surface area contributed by atoms with Gasteiger partial charge >= 0.3 is 6.18 Å². The molecule has 0 aliphatic carbocycles. The molecule has 37 heavy (non-hydrogen) atoms. The Morgan fingerprint density at radius 1 is 1.16 bits per heavy atom. The van der Waals surface area contributed by atoms with Crippen LogP contribution in [-0.2, 0) is 26.2 Å². The summed E-state index contributed by atoms with van der Waals surface area (Å²) < 4.78 is 47.0. The van der Waals surface area contributed by atoms with Crippen LogP contribution in [0.25, 0.3) is 22.0 Å². The van der Waals surface area contributed by atoms with E-state index in [1.54, 1.807) is 25.3 Å². The smallest absolute Gasteiger partial charge is 0.435 e. The lowest BCUT2D eigenvalue weighted by molar-refractivity contribution is -0.140. The first-order chi connectivity index (χ1) is 17.6. The summed E-state index contributed by atoms with van der Waals surface area (Å²) in [6.07, 6.45) is -2.41. The number of halogens is 3. The Hall–Kier alpha value is -4.19. The standard InChI is InChI=1S/C25H25F3N8O/c1-35-12-18(22(34-35)25(26,27)28)15-7-6-14-8-9-36(11-16(14)10-15)13-20(29)31-23-17-4-3-5-19(37-2)21(17)32-24(30)33-23/h3-7,10,12H,8-9,11,13H2,1-2H3,(H4,29,30,31,32,33). The van der Waals surface area contributed by atoms with Crippen molar-refractivity contribution in [1.82, 2.24) is 24.6 Å². The average molecular weight is 511 g/mol. The number of methoxy groups -OCH3 is 1. The van der Waals surface area contributed by atoms with E-state index in [0.717, 1.165) is 24.1 Å². The van der Waals surface area contributed by atoms with Crippen LogP contribution in [-0.4, -0.2) is 50.7 Å². The molecule has 0 bridgehead atoms. The zero-order valence-corrected chi connectivity index (χ0v) is 20.3. The fourth-order valence-electron chi connectivity index (χ4n) is 4.60. The predicted octanol–water partition coefficient (Wildman–Crippen LogP) is 3.69. The summed E-state index contributed by atoms with van der Waals surface area (Å²) in [5.41, 5.74) is 14.4. The number of alkyl halides is 3. The Bertz CT molecular complexity index is 1510. The molecule has 0 fully saturated rings. The maximum atomic E-state index is 13.5. The highest BCUT2D eigenvalue weighted by atomic mass is 19.4. The zero-order valence-electron chi connectivity index (χ0n) is 20.3. The predicted molar refractivity (Wildman–Crippen MR) is 134 cm³/mol. The Kier molecular flexibility index (Phi) is 6.20. The third kappa shape index (κ3) is 4.92. The largest absolute Gasteiger partial charge is 0.494 e. The van der Waals surface area contributed by atoms with Crippen molar-refractivity contribution in [2.45, 2.75) is 19.1 Å². The van der Waals surface area contributed by atoms with Gasteiger partial charge in [-0.2, -0.15) is 23.3 Å². The van der Waals surface area contributed by atoms with Crippen LogP contribution in [0.3, 0.4) is 0 Å². The number of amidine groups is 1. The minimum absolute atomic E-state index is 0.0524. The number of rotatable bonds is 5. The van der Waals surface area contributed by atoms with E-state index in [9.17, 15) is 13.2 Å². The number of hydrogen-bond acceptors (Lipinski definition) is 7. The second-order valence-corrected chi connectivity index (χ2v) is 8.87. The molecule has 0 atom stereocenters. The highest BCUT2D eigenvalue weighted by Crippen LogP contribution is 2.37. The molecule has 2 aromatic heterocycles. The zero-order chi connectivity index (χ0) is 26.3. The van der Waals surface area contributed by atoms with Gasteiger partial charge in [-0.3, -0.25) is 9.58 Å². The van der Waals surface area contributed by atoms with Gasteiger partial charge in [0, 0.05) is 37.3 Å². The van der Waals surface area contributed by atoms with Crippen molar-refractivity contribution < 1.29 is 17.9 Å². The minimum atomic E-state index is -4.54. The fraction of sp³-hybridized carbons (Fsp3) is 0.280. The maximum absolute atomic E-state index is 13.5. The average Bonchev–Trinajstić information content (AvgIpc) is 3.25. The van der Waals surface area contributed by atoms with E-state index < -0.39 is 11.9 Å². The van der Waals surface area contributed by atoms with E-state index in [2.05, 4.69) is 25.0 Å². The number of para-hydroxylation sites is 1. The SMILES string of the molecule is COc1cccc2c(N=C(N)CN3CCc4ccc(-c5cn(C)nc5C(F)(F)F)cc4C3)nc(N)nc12. The number of hydrogen-bond donors (Lipinski definition) is 2. The lowest BCUT2D eigenvalue weighted by atomic mass is 9.94. The normalized spacial score (nSPS) is 14.7. The van der Waals surface area contributed by atoms with Crippen LogP contribution in [0.2, 0.25) is 0 Å². The van der Waals surface area contributed by atoms with Crippen molar-refractivity contribution in [3.8, 4) is 16.9 Å². The Labute approximate surface area is 210 Å². The van der Waals surface area contributed by atoms with Gasteiger partial charge in [-0.05, 0) is 41.3 Å². The summed E-state index contributed by atoms with van der Waals surface area (Å²) in [6.45, 7) is 1.59. The Morgan fingerprint density at radius 3 is 2.73 bits per heavy atom. The minimum Gasteiger partial charge on any atom is -0.494 e. The molecule has 0 amide bonds. The number of nitrogens with two attached hydrogens (primary N) is 2. The lowest BCUT2D eigenvalue weighted by Crippen LogP contribution is -2.37. The highest BCUT2D eigenvalue weighted by Gasteiger charge is 2.37. The highest BCUT2D eigenvalue weighted by molar-refractivity contribution is 5.96. The van der Waals surface area contributed by atoms with Gasteiger partial charge < -0.3 is 16.2 Å². The summed E-state index contributed by atoms with van der Waals surface area (Å²) in [5.74, 6) is 1.27. The molecule has 2 aromatic carbocycles. The van der Waals surface area contributed by atoms with Gasteiger partial charge in [0.05, 0.1) is 13.7 Å². The summed E-state index contributed by atoms with van der Waals surface area (Å²) in [4.78, 5) is 15.1. The molecule has 0 saturated heterocycles. The molecular formula is C25H25F3N8O. The second kappa shape index (κ2) is 9.36. The number of benzene rings is 2. The molecule has 0 unspecified atom stereocenters. The molecule has 0 radical (unpaired) electrons. The van der Waals surface area contributed by atoms with Crippen molar-refractivity contribution in [1.29, 1.82) is 0 Å². The van der Waals surface area contributed by atoms with Gasteiger partial charge in [-0.1, -0.05) is 18.2 Å². The maximum Gasteiger partial charge on any atom is 0.435 e. The Morgan fingerprint density at radius 2 is 1.97 bits per heavy atom. The van der Waals surface area contributed by atoms with E-state index in [0.29, 0.717) is 47.0 Å². The molecule has 4 N–H and O–H groups in total. The van der Waals surface area contributed by atoms with Gasteiger partial charge in [0.1, 0.15) is 17.1 Å². The molecule has 3 heterocycles. The third-order valence-electron chi connectivity index (χ3n) is 6.25. The number of aryl methyl sites for hydroxylation is 1. The van der Waals surface area contributed by atoms with Crippen LogP contribution in [0.15, 0.2) is 47.6 Å². The first-order valence-electron chi connectivity index (χ1n) is 11.5. The van der Waals surface area contributed by atoms with Crippen LogP contribution < -0.4 is 16.2 Å². The van der Waals surface area contributed by atoms with Crippen molar-refractivity contribution >= 4 is 28.5 Å². The molecule has 4 aromatic rings. The van der Waals surface area contributed by atoms with Gasteiger partial charge in [0.25, 0.3) is 0 Å². The van der Waals surface area contributed by atoms with Gasteiger partial charge in [0.2, 0.25) is 5.95 Å². The molecule has 192 valence electrons. The number of aliphatic imine (C=N–C) groups is 1. The van der Waals surface area contributed by atoms with Crippen LogP contribution in [0.4, 0.5) is 24.9 Å². The Balaban J connectivity index is 1.40. The monoisotopic (exact) mass is 510 g/mol. The summed E-state index contributed by atoms with van der Waals surface area (Å²) in [7, 11) is 3.02. The van der Waals surface area contributed by atoms with Crippen LogP contribution in [0.5, 0.6) is 5.75 Å². The topological polar surface area (TPSA) is 120 Å². The number of nitrogen functional groups attached to an aromatic ring is 1. The molecule has 0 saturated carbocycles. The van der Waals surface area contributed by atoms with E-state index in [-0.39, 0.29) is 11.5 Å². The number of aromatic nitrogens is 4. The summed E-state index contributed by atoms with van der Waals surface area (Å²) in [5, 5.41) is 4.28. The fourth-order valence-corrected chi connectivity index (χ4v) is 4.60. The first kappa shape index (κ1) is 24.5. The molecular weight excluding hydrogens is 485 g/mol. The first-order valence-corrected chi connectivity index (χ1v) is 11.5. The van der Waals surface area contributed by atoms with Gasteiger partial charge in [-0.15, -0.1) is 0 Å². The number of nitrogens with zero attached hydrogens (tertiary/aromatic N) is 6. The van der Waals surface area contributed by atoms with Crippen LogP contribution in [0, 0.1) is 0 Å². The van der Waals surface area contributed by atoms with Gasteiger partial charge in [-0.25, -0.2) is 9.98 Å². The molecule has 9 nitrogen and oxygen atoms in total. The van der Waals surface area contributed by atoms with Gasteiger partial charge in [0.15, 0.2) is 11.5 Å². The van der Waals surface area contributed by atoms with Crippen molar-refractivity contribution in [2.75, 3.05) is 25.9 Å². The second-order valence-electron chi connectivity index (χ2n) is 8.87. The molecule has 0 spiro atoms. The summed E-state index contributed by atoms with van der Waals surface area (Å²) in [6, 6.07) is 10.8. The quantitative estimate of drug-likeness (QED) is 0.310. The molecule has 5 rings (SSSR count). The van der Waals surface area contributed by atoms with E-state index in [1.165, 1.54) is 17.9 Å². The lowest BCUT2D eigenvalue weighted by Gasteiger charge is -2.28. The van der Waals surface area contributed by atoms with E-state index in [4.69, 9.17) is 16.2 Å². The van der Waals surface area contributed by atoms with Crippen LogP contribution >= 0.6 is 0 Å². The number of anilines is 1. The van der Waals surface area contributed by atoms with E-state index in [1.807, 2.05) is 18.2 Å². The van der Waals surface area contributed by atoms with Crippen LogP contribution in [0.1, 0.15) is 16.8 Å². The van der Waals surface area contributed by atoms with Crippen molar-refractivity contribution in [2.24, 2.45) is 17.8 Å². The third-order valence-corrected chi connectivity index (χ3v) is 6.25. The number of fused-ring (bicyclic) bond motifs is 2. The van der Waals surface area contributed by atoms with Crippen molar-refractivity contribution in [3.05, 3.63) is 59.4 Å². The molecule has 12 heteroatoms. The summed E-state index contributed by atoms with van der Waals surface area (Å²) >= 11 is 0. The molecule has 1 aliphatic heterocycles. The molecule has 1 aliphatic rings. The number of ether oxygens (including phenoxy) is 1.